The van der Waals surface area contributed by atoms with Crippen molar-refractivity contribution in [2.75, 3.05) is 7.05 Å². The van der Waals surface area contributed by atoms with Crippen molar-refractivity contribution in [1.82, 2.24) is 9.27 Å². The van der Waals surface area contributed by atoms with Gasteiger partial charge in [0.15, 0.2) is 0 Å². The zero-order valence-corrected chi connectivity index (χ0v) is 19.6. The zero-order chi connectivity index (χ0) is 21.3. The van der Waals surface area contributed by atoms with Crippen molar-refractivity contribution < 1.29 is 9.59 Å². The van der Waals surface area contributed by atoms with Gasteiger partial charge in [-0.2, -0.15) is 0 Å². The Morgan fingerprint density at radius 3 is 2.50 bits per heavy atom. The number of hydrogen-bond acceptors (Lipinski definition) is 3. The van der Waals surface area contributed by atoms with Gasteiger partial charge in [-0.15, -0.1) is 0 Å². The van der Waals surface area contributed by atoms with E-state index in [-0.39, 0.29) is 23.3 Å². The molecule has 2 atom stereocenters. The average molecular weight is 408 g/mol. The number of nitrogens with zero attached hydrogens (tertiary/aromatic N) is 2. The van der Waals surface area contributed by atoms with Crippen LogP contribution in [0.3, 0.4) is 0 Å². The van der Waals surface area contributed by atoms with E-state index >= 15 is 0 Å². The molecule has 2 amide bonds. The molecule has 5 nitrogen and oxygen atoms in total. The number of unbranched alkanes of at least 4 members (excludes halogenated alkanes) is 1. The Labute approximate surface area is 173 Å². The monoisotopic (exact) mass is 407 g/mol. The summed E-state index contributed by atoms with van der Waals surface area (Å²) < 4.78 is 3.02. The van der Waals surface area contributed by atoms with Crippen LogP contribution in [0, 0.1) is 16.7 Å². The molecule has 28 heavy (non-hydrogen) atoms. The van der Waals surface area contributed by atoms with Gasteiger partial charge >= 0.3 is 0 Å². The number of nitrogens with one attached hydrogen (secondary N) is 1. The topological polar surface area (TPSA) is 63.5 Å². The van der Waals surface area contributed by atoms with Gasteiger partial charge in [0, 0.05) is 30.3 Å². The molecule has 0 saturated heterocycles. The van der Waals surface area contributed by atoms with E-state index in [2.05, 4.69) is 48.2 Å². The summed E-state index contributed by atoms with van der Waals surface area (Å²) in [6.07, 6.45) is 6.69. The van der Waals surface area contributed by atoms with Crippen molar-refractivity contribution in [1.29, 1.82) is 0 Å². The van der Waals surface area contributed by atoms with Crippen molar-refractivity contribution in [3.63, 3.8) is 0 Å². The normalized spacial score (nSPS) is 25.1. The van der Waals surface area contributed by atoms with Crippen LogP contribution in [0.15, 0.2) is 11.2 Å². The Balaban J connectivity index is 2.45. The van der Waals surface area contributed by atoms with Gasteiger partial charge in [0.2, 0.25) is 5.91 Å². The number of aryl methyl sites for hydroxylation is 1. The van der Waals surface area contributed by atoms with E-state index in [0.29, 0.717) is 6.42 Å². The minimum Gasteiger partial charge on any atom is -0.359 e. The number of carbonyl (C=O) groups is 2. The minimum atomic E-state index is -0.636. The highest BCUT2D eigenvalue weighted by molar-refractivity contribution is 7.04. The van der Waals surface area contributed by atoms with Crippen molar-refractivity contribution in [2.45, 2.75) is 86.1 Å². The molecule has 1 saturated carbocycles. The molecule has 0 aromatic carbocycles. The summed E-state index contributed by atoms with van der Waals surface area (Å²) >= 11 is 1.56. The van der Waals surface area contributed by atoms with Gasteiger partial charge in [-0.05, 0) is 63.4 Å². The molecule has 1 heterocycles. The second-order valence-corrected chi connectivity index (χ2v) is 10.8. The van der Waals surface area contributed by atoms with Crippen molar-refractivity contribution in [3.8, 4) is 0 Å². The van der Waals surface area contributed by atoms with E-state index in [1.807, 2.05) is 20.8 Å². The second kappa shape index (κ2) is 8.13. The standard InChI is InChI=1S/C22H37N3O2S/c1-9-10-11-15-14-25(20(2,3)4)28-18(15)24-19(27)22(7)13-12-16(17(26)23-8)21(22,5)6/h14,16H,9-13H2,1-8H3,(H,23,26)/b24-18-/t16-,22+/m1/s1. The SMILES string of the molecule is CCCCc1cn(C(C)(C)C)s/c1=N\C(=O)[C@]1(C)CC[C@H](C(=O)NC)C1(C)C. The number of rotatable bonds is 5. The van der Waals surface area contributed by atoms with E-state index < -0.39 is 10.8 Å². The van der Waals surface area contributed by atoms with E-state index in [0.717, 1.165) is 35.9 Å². The van der Waals surface area contributed by atoms with Gasteiger partial charge in [0.05, 0.1) is 5.41 Å². The van der Waals surface area contributed by atoms with Crippen molar-refractivity contribution in [2.24, 2.45) is 21.7 Å². The highest BCUT2D eigenvalue weighted by Crippen LogP contribution is 2.56. The van der Waals surface area contributed by atoms with Gasteiger partial charge in [-0.1, -0.05) is 34.1 Å². The Bertz CT molecular complexity index is 797. The third-order valence-electron chi connectivity index (χ3n) is 6.66. The number of amides is 2. The molecular weight excluding hydrogens is 370 g/mol. The summed E-state index contributed by atoms with van der Waals surface area (Å²) in [6.45, 7) is 14.7. The quantitative estimate of drug-likeness (QED) is 0.792. The molecule has 1 aliphatic carbocycles. The maximum atomic E-state index is 13.4. The lowest BCUT2D eigenvalue weighted by Gasteiger charge is -2.38. The van der Waals surface area contributed by atoms with Crippen LogP contribution in [0.2, 0.25) is 0 Å². The molecule has 1 aromatic heterocycles. The molecule has 0 spiro atoms. The van der Waals surface area contributed by atoms with E-state index in [1.54, 1.807) is 18.6 Å². The number of carbonyl (C=O) groups excluding carboxylic acids is 2. The molecule has 6 heteroatoms. The summed E-state index contributed by atoms with van der Waals surface area (Å²) in [5.74, 6) is -0.236. The average Bonchev–Trinajstić information content (AvgIpc) is 3.12. The van der Waals surface area contributed by atoms with Crippen LogP contribution in [-0.2, 0) is 21.5 Å². The fourth-order valence-corrected chi connectivity index (χ4v) is 5.10. The maximum absolute atomic E-state index is 13.4. The summed E-state index contributed by atoms with van der Waals surface area (Å²) in [4.78, 5) is 30.4. The van der Waals surface area contributed by atoms with Crippen LogP contribution in [-0.4, -0.2) is 22.8 Å². The first-order valence-corrected chi connectivity index (χ1v) is 11.2. The fourth-order valence-electron chi connectivity index (χ4n) is 4.07. The smallest absolute Gasteiger partial charge is 0.253 e. The Kier molecular flexibility index (Phi) is 6.64. The summed E-state index contributed by atoms with van der Waals surface area (Å²) in [5.41, 5.74) is 0.0398. The lowest BCUT2D eigenvalue weighted by atomic mass is 9.65. The van der Waals surface area contributed by atoms with Gasteiger partial charge in [-0.3, -0.25) is 13.5 Å². The van der Waals surface area contributed by atoms with Gasteiger partial charge in [-0.25, -0.2) is 4.99 Å². The van der Waals surface area contributed by atoms with E-state index in [1.165, 1.54) is 0 Å². The van der Waals surface area contributed by atoms with Crippen LogP contribution in [0.1, 0.15) is 79.7 Å². The first-order valence-electron chi connectivity index (χ1n) is 10.4. The summed E-state index contributed by atoms with van der Waals surface area (Å²) in [5, 5.41) is 2.76. The fraction of sp³-hybridized carbons (Fsp3) is 0.773. The molecular formula is C22H37N3O2S. The molecule has 0 aliphatic heterocycles. The van der Waals surface area contributed by atoms with Crippen LogP contribution >= 0.6 is 11.5 Å². The minimum absolute atomic E-state index is 0.0202. The van der Waals surface area contributed by atoms with Gasteiger partial charge in [0.1, 0.15) is 4.67 Å². The molecule has 1 aliphatic rings. The van der Waals surface area contributed by atoms with Crippen molar-refractivity contribution in [3.05, 3.63) is 16.4 Å². The molecule has 0 bridgehead atoms. The molecule has 2 rings (SSSR count). The summed E-state index contributed by atoms with van der Waals surface area (Å²) in [7, 11) is 1.66. The second-order valence-electron chi connectivity index (χ2n) is 9.83. The molecule has 1 N–H and O–H groups in total. The van der Waals surface area contributed by atoms with E-state index in [4.69, 9.17) is 0 Å². The van der Waals surface area contributed by atoms with E-state index in [9.17, 15) is 9.59 Å². The molecule has 1 aromatic rings. The van der Waals surface area contributed by atoms with Gasteiger partial charge < -0.3 is 5.32 Å². The van der Waals surface area contributed by atoms with Gasteiger partial charge in [0.25, 0.3) is 5.91 Å². The lowest BCUT2D eigenvalue weighted by Crippen LogP contribution is -2.44. The number of hydrogen-bond donors (Lipinski definition) is 1. The highest BCUT2D eigenvalue weighted by Gasteiger charge is 2.57. The number of aromatic nitrogens is 1. The largest absolute Gasteiger partial charge is 0.359 e. The van der Waals surface area contributed by atoms with Crippen LogP contribution in [0.25, 0.3) is 0 Å². The predicted octanol–water partition coefficient (Wildman–Crippen LogP) is 4.26. The Morgan fingerprint density at radius 1 is 1.32 bits per heavy atom. The molecule has 158 valence electrons. The zero-order valence-electron chi connectivity index (χ0n) is 18.8. The van der Waals surface area contributed by atoms with Crippen LogP contribution in [0.4, 0.5) is 0 Å². The maximum Gasteiger partial charge on any atom is 0.253 e. The third-order valence-corrected chi connectivity index (χ3v) is 8.03. The molecule has 0 unspecified atom stereocenters. The summed E-state index contributed by atoms with van der Waals surface area (Å²) in [6, 6.07) is 0. The van der Waals surface area contributed by atoms with Crippen molar-refractivity contribution >= 4 is 23.3 Å². The Morgan fingerprint density at radius 2 is 1.96 bits per heavy atom. The predicted molar refractivity (Wildman–Crippen MR) is 115 cm³/mol. The lowest BCUT2D eigenvalue weighted by molar-refractivity contribution is -0.136. The van der Waals surface area contributed by atoms with Crippen LogP contribution < -0.4 is 9.99 Å². The van der Waals surface area contributed by atoms with Crippen LogP contribution in [0.5, 0.6) is 0 Å². The first-order chi connectivity index (χ1) is 12.9. The molecule has 1 fully saturated rings. The third kappa shape index (κ3) is 4.12. The highest BCUT2D eigenvalue weighted by atomic mass is 32.1. The Hall–Kier alpha value is -1.43. The molecule has 0 radical (unpaired) electrons. The first kappa shape index (κ1) is 22.9.